The molecule has 0 spiro atoms. The van der Waals surface area contributed by atoms with Gasteiger partial charge in [0.2, 0.25) is 0 Å². The minimum Gasteiger partial charge on any atom is -0.387 e. The van der Waals surface area contributed by atoms with Crippen molar-refractivity contribution in [1.82, 2.24) is 0 Å². The monoisotopic (exact) mass is 525 g/mol. The maximum atomic E-state index is 10.3. The van der Waals surface area contributed by atoms with Gasteiger partial charge in [-0.25, -0.2) is 5.90 Å². The van der Waals surface area contributed by atoms with Crippen LogP contribution in [0.2, 0.25) is 0 Å². The summed E-state index contributed by atoms with van der Waals surface area (Å²) in [7, 11) is 0. The Morgan fingerprint density at radius 1 is 0.583 bits per heavy atom. The summed E-state index contributed by atoms with van der Waals surface area (Å²) in [5, 5.41) is 61.1. The quantitative estimate of drug-likeness (QED) is 0.0947. The molecule has 0 aromatic rings. The van der Waals surface area contributed by atoms with E-state index in [0.717, 1.165) is 19.3 Å². The summed E-state index contributed by atoms with van der Waals surface area (Å²) in [6.07, 6.45) is -2.66. The summed E-state index contributed by atoms with van der Waals surface area (Å²) in [6, 6.07) is 0. The molecule has 12 nitrogen and oxygen atoms in total. The molecule has 2 rings (SSSR count). The number of rotatable bonds is 17. The molecule has 2 aliphatic heterocycles. The lowest BCUT2D eigenvalue weighted by molar-refractivity contribution is -0.377. The zero-order valence-electron chi connectivity index (χ0n) is 21.3. The van der Waals surface area contributed by atoms with E-state index in [1.54, 1.807) is 0 Å². The molecule has 0 aromatic heterocycles. The van der Waals surface area contributed by atoms with Crippen molar-refractivity contribution in [3.05, 3.63) is 0 Å². The third-order valence-electron chi connectivity index (χ3n) is 6.79. The van der Waals surface area contributed by atoms with Gasteiger partial charge in [-0.1, -0.05) is 64.7 Å². The second kappa shape index (κ2) is 17.2. The van der Waals surface area contributed by atoms with E-state index in [0.29, 0.717) is 6.61 Å². The summed E-state index contributed by atoms with van der Waals surface area (Å²) < 4.78 is 22.1. The minimum atomic E-state index is -1.68. The highest BCUT2D eigenvalue weighted by molar-refractivity contribution is 4.92. The van der Waals surface area contributed by atoms with Crippen LogP contribution in [0.15, 0.2) is 0 Å². The maximum absolute atomic E-state index is 10.3. The Kier molecular flexibility index (Phi) is 15.1. The highest BCUT2D eigenvalue weighted by Gasteiger charge is 2.49. The van der Waals surface area contributed by atoms with E-state index < -0.39 is 61.4 Å². The maximum Gasteiger partial charge on any atom is 0.189 e. The fourth-order valence-electron chi connectivity index (χ4n) is 4.45. The highest BCUT2D eigenvalue weighted by Crippen LogP contribution is 2.28. The molecule has 0 radical (unpaired) electrons. The molecule has 0 saturated carbocycles. The molecule has 2 aliphatic rings. The molecular formula is C24H47NO11. The third-order valence-corrected chi connectivity index (χ3v) is 6.79. The van der Waals surface area contributed by atoms with Gasteiger partial charge in [0.15, 0.2) is 12.6 Å². The van der Waals surface area contributed by atoms with E-state index in [4.69, 9.17) is 24.8 Å². The second-order valence-corrected chi connectivity index (χ2v) is 9.76. The third kappa shape index (κ3) is 9.68. The Bertz CT molecular complexity index is 574. The lowest BCUT2D eigenvalue weighted by Gasteiger charge is -2.44. The average Bonchev–Trinajstić information content (AvgIpc) is 2.87. The highest BCUT2D eigenvalue weighted by atomic mass is 16.8. The predicted octanol–water partition coefficient (Wildman–Crippen LogP) is -0.554. The van der Waals surface area contributed by atoms with Crippen molar-refractivity contribution in [2.75, 3.05) is 19.8 Å². The first-order valence-electron chi connectivity index (χ1n) is 13.3. The standard InChI is InChI=1S/C24H47NO11/c1-2-3-4-5-6-7-8-9-10-11-12-32-13-15-17(26)19(28)21(30)23(34-15)36-24-22(31)20(29)18(27)16(35-24)14-33-25/h15-24,26-31H,2-14,25H2,1H3/t15-,16-,17-,18-,19+,20+,21-,22-,23-,24-/m1/s1. The number of ether oxygens (including phenoxy) is 4. The first-order chi connectivity index (χ1) is 17.3. The molecule has 0 unspecified atom stereocenters. The minimum absolute atomic E-state index is 0.0404. The van der Waals surface area contributed by atoms with Crippen LogP contribution in [-0.2, 0) is 23.8 Å². The average molecular weight is 526 g/mol. The summed E-state index contributed by atoms with van der Waals surface area (Å²) >= 11 is 0. The van der Waals surface area contributed by atoms with Gasteiger partial charge < -0.3 is 54.4 Å². The Morgan fingerprint density at radius 3 is 1.50 bits per heavy atom. The second-order valence-electron chi connectivity index (χ2n) is 9.76. The Balaban J connectivity index is 1.72. The number of hydrogen-bond acceptors (Lipinski definition) is 12. The molecule has 214 valence electrons. The van der Waals surface area contributed by atoms with Gasteiger partial charge in [-0.05, 0) is 6.42 Å². The van der Waals surface area contributed by atoms with Crippen LogP contribution in [0.4, 0.5) is 0 Å². The van der Waals surface area contributed by atoms with Crippen molar-refractivity contribution in [1.29, 1.82) is 0 Å². The van der Waals surface area contributed by atoms with E-state index >= 15 is 0 Å². The number of hydrogen-bond donors (Lipinski definition) is 7. The largest absolute Gasteiger partial charge is 0.387 e. The number of aliphatic hydroxyl groups excluding tert-OH is 6. The van der Waals surface area contributed by atoms with Gasteiger partial charge in [0, 0.05) is 6.61 Å². The van der Waals surface area contributed by atoms with Crippen LogP contribution in [0, 0.1) is 0 Å². The van der Waals surface area contributed by atoms with Crippen molar-refractivity contribution in [3.63, 3.8) is 0 Å². The van der Waals surface area contributed by atoms with Crippen LogP contribution in [0.1, 0.15) is 71.1 Å². The van der Waals surface area contributed by atoms with Crippen LogP contribution < -0.4 is 5.90 Å². The predicted molar refractivity (Wildman–Crippen MR) is 127 cm³/mol. The topological polar surface area (TPSA) is 194 Å². The normalized spacial score (nSPS) is 37.3. The molecule has 8 N–H and O–H groups in total. The molecule has 2 saturated heterocycles. The van der Waals surface area contributed by atoms with Gasteiger partial charge in [-0.3, -0.25) is 0 Å². The van der Waals surface area contributed by atoms with E-state index in [2.05, 4.69) is 11.8 Å². The van der Waals surface area contributed by atoms with Crippen LogP contribution in [0.25, 0.3) is 0 Å². The number of nitrogens with two attached hydrogens (primary N) is 1. The van der Waals surface area contributed by atoms with Crippen molar-refractivity contribution >= 4 is 0 Å². The van der Waals surface area contributed by atoms with Gasteiger partial charge in [-0.15, -0.1) is 0 Å². The van der Waals surface area contributed by atoms with Crippen molar-refractivity contribution in [2.24, 2.45) is 5.90 Å². The van der Waals surface area contributed by atoms with Crippen LogP contribution in [-0.4, -0.2) is 112 Å². The number of unbranched alkanes of at least 4 members (excludes halogenated alkanes) is 9. The molecule has 0 aliphatic carbocycles. The van der Waals surface area contributed by atoms with Gasteiger partial charge in [0.05, 0.1) is 13.2 Å². The van der Waals surface area contributed by atoms with Crippen molar-refractivity contribution in [3.8, 4) is 0 Å². The fourth-order valence-corrected chi connectivity index (χ4v) is 4.45. The van der Waals surface area contributed by atoms with Crippen LogP contribution in [0.5, 0.6) is 0 Å². The molecule has 2 fully saturated rings. The zero-order valence-corrected chi connectivity index (χ0v) is 21.3. The van der Waals surface area contributed by atoms with Crippen molar-refractivity contribution < 1.29 is 54.4 Å². The van der Waals surface area contributed by atoms with Crippen molar-refractivity contribution in [2.45, 2.75) is 133 Å². The zero-order chi connectivity index (χ0) is 26.5. The Labute approximate surface area is 213 Å². The molecule has 12 heteroatoms. The van der Waals surface area contributed by atoms with E-state index in [1.807, 2.05) is 0 Å². The molecule has 10 atom stereocenters. The SMILES string of the molecule is CCCCCCCCCCCCOC[C@H]1O[C@H](O[C@H]2O[C@H](CON)[C@@H](O)[C@H](O)[C@H]2O)[C@H](O)[C@@H](O)[C@@H]1O. The van der Waals surface area contributed by atoms with Gasteiger partial charge in [0.1, 0.15) is 48.8 Å². The molecule has 2 heterocycles. The molecule has 0 aromatic carbocycles. The first kappa shape index (κ1) is 31.7. The van der Waals surface area contributed by atoms with E-state index in [1.165, 1.54) is 44.9 Å². The molecule has 36 heavy (non-hydrogen) atoms. The fraction of sp³-hybridized carbons (Fsp3) is 1.00. The molecular weight excluding hydrogens is 478 g/mol. The van der Waals surface area contributed by atoms with E-state index in [-0.39, 0.29) is 13.2 Å². The van der Waals surface area contributed by atoms with Gasteiger partial charge >= 0.3 is 0 Å². The Hall–Kier alpha value is -0.480. The first-order valence-corrected chi connectivity index (χ1v) is 13.3. The van der Waals surface area contributed by atoms with Crippen LogP contribution in [0.3, 0.4) is 0 Å². The summed E-state index contributed by atoms with van der Waals surface area (Å²) in [6.45, 7) is 2.34. The smallest absolute Gasteiger partial charge is 0.189 e. The van der Waals surface area contributed by atoms with E-state index in [9.17, 15) is 30.6 Å². The van der Waals surface area contributed by atoms with Gasteiger partial charge in [-0.2, -0.15) is 0 Å². The lowest BCUT2D eigenvalue weighted by Crippen LogP contribution is -2.64. The lowest BCUT2D eigenvalue weighted by atomic mass is 9.98. The number of aliphatic hydroxyl groups is 6. The summed E-state index contributed by atoms with van der Waals surface area (Å²) in [5.41, 5.74) is 0. The Morgan fingerprint density at radius 2 is 1.03 bits per heavy atom. The van der Waals surface area contributed by atoms with Gasteiger partial charge in [0.25, 0.3) is 0 Å². The summed E-state index contributed by atoms with van der Waals surface area (Å²) in [5.74, 6) is 5.01. The van der Waals surface area contributed by atoms with Crippen LogP contribution >= 0.6 is 0 Å². The summed E-state index contributed by atoms with van der Waals surface area (Å²) in [4.78, 5) is 4.45. The molecule has 0 bridgehead atoms. The molecule has 0 amide bonds.